The summed E-state index contributed by atoms with van der Waals surface area (Å²) in [4.78, 5) is 98.7. The smallest absolute Gasteiger partial charge is 0.329 e. The zero-order valence-electron chi connectivity index (χ0n) is 75.9. The number of aliphatic hydroxyl groups is 2. The molecule has 0 radical (unpaired) electrons. The molecule has 36 nitrogen and oxygen atoms in total. The molecule has 1 saturated carbocycles. The molecule has 127 heavy (non-hydrogen) atoms. The lowest BCUT2D eigenvalue weighted by Gasteiger charge is -2.42. The molecule has 3 fully saturated rings. The van der Waals surface area contributed by atoms with Gasteiger partial charge >= 0.3 is 5.97 Å². The minimum Gasteiger partial charge on any atom is -0.460 e. The third-order valence-corrected chi connectivity index (χ3v) is 23.7. The largest absolute Gasteiger partial charge is 0.460 e. The van der Waals surface area contributed by atoms with Crippen LogP contribution in [0.1, 0.15) is 150 Å². The summed E-state index contributed by atoms with van der Waals surface area (Å²) in [5.41, 5.74) is 17.1. The Morgan fingerprint density at radius 2 is 1.39 bits per heavy atom. The second-order valence-corrected chi connectivity index (χ2v) is 33.4. The first kappa shape index (κ1) is 102. The van der Waals surface area contributed by atoms with Crippen molar-refractivity contribution in [3.63, 3.8) is 0 Å². The van der Waals surface area contributed by atoms with E-state index in [0.29, 0.717) is 235 Å². The molecule has 1 aromatic carbocycles. The molecule has 0 spiro atoms. The van der Waals surface area contributed by atoms with E-state index in [-0.39, 0.29) is 92.5 Å². The van der Waals surface area contributed by atoms with E-state index >= 15 is 0 Å². The Balaban J connectivity index is 0.586. The summed E-state index contributed by atoms with van der Waals surface area (Å²) in [6.45, 7) is 21.6. The third kappa shape index (κ3) is 32.4. The van der Waals surface area contributed by atoms with Gasteiger partial charge in [0.2, 0.25) is 11.7 Å². The van der Waals surface area contributed by atoms with Crippen LogP contribution in [0.3, 0.4) is 0 Å². The van der Waals surface area contributed by atoms with E-state index in [0.717, 1.165) is 30.4 Å². The van der Waals surface area contributed by atoms with Crippen LogP contribution < -0.4 is 16.8 Å². The predicted molar refractivity (Wildman–Crippen MR) is 469 cm³/mol. The van der Waals surface area contributed by atoms with Gasteiger partial charge in [-0.15, -0.1) is 5.10 Å². The lowest BCUT2D eigenvalue weighted by Crippen LogP contribution is -2.61. The number of nitrogen functional groups attached to an aromatic ring is 2. The number of carbonyl (C=O) groups is 6. The van der Waals surface area contributed by atoms with Gasteiger partial charge in [-0.3, -0.25) is 24.0 Å². The van der Waals surface area contributed by atoms with Crippen LogP contribution in [-0.4, -0.2) is 298 Å². The van der Waals surface area contributed by atoms with Gasteiger partial charge in [-0.25, -0.2) is 24.1 Å². The van der Waals surface area contributed by atoms with E-state index in [9.17, 15) is 39.0 Å². The van der Waals surface area contributed by atoms with Crippen molar-refractivity contribution in [2.24, 2.45) is 35.5 Å². The SMILES string of the molecule is CO[C@H]1C[C@@H]2CC[C@@H](C)[C@@](O)(O2)C(=O)C(=O)N2CCCC[C@H]2C(=O)O[C@H]([C@H](C)C[C@@H]2CC[C@@H](OCCOCc3cn(CCOCCOCCOCCOCCOCCOCCOCCOCCC(=O)NCCCCn4nc(-c5ccc6oc(N)nc6c5)c5c(N)ncnc54)nn3)[C@H](OC)C2)CC(=O)[C@H](C)/C=C(/C)[C@@H](O)[C@@H](OC)C(=O)[C@H](C)C[C@H](C)/C=C\C=CC=C1C. The molecule has 2 saturated heterocycles. The lowest BCUT2D eigenvalue weighted by atomic mass is 9.78. The van der Waals surface area contributed by atoms with Crippen molar-refractivity contribution >= 4 is 69.1 Å². The van der Waals surface area contributed by atoms with Gasteiger partial charge in [0.1, 0.15) is 59.2 Å². The Hall–Kier alpha value is -8.28. The van der Waals surface area contributed by atoms with Gasteiger partial charge in [0, 0.05) is 83.5 Å². The highest BCUT2D eigenvalue weighted by Gasteiger charge is 2.53. The number of aromatic nitrogens is 8. The number of carbonyl (C=O) groups excluding carboxylic acids is 6. The monoisotopic (exact) mass is 1780 g/mol. The number of fused-ring (bicyclic) bond motifs is 5. The second kappa shape index (κ2) is 54.4. The number of nitrogens with one attached hydrogen (secondary N) is 1. The normalized spacial score (nSPS) is 25.9. The number of allylic oxidation sites excluding steroid dienone is 6. The highest BCUT2D eigenvalue weighted by atomic mass is 16.6. The zero-order chi connectivity index (χ0) is 91.0. The van der Waals surface area contributed by atoms with Crippen molar-refractivity contribution in [1.29, 1.82) is 0 Å². The summed E-state index contributed by atoms with van der Waals surface area (Å²) in [6, 6.07) is 4.39. The number of esters is 1. The summed E-state index contributed by atoms with van der Waals surface area (Å²) >= 11 is 0. The number of ketones is 3. The third-order valence-electron chi connectivity index (χ3n) is 23.7. The van der Waals surface area contributed by atoms with Crippen LogP contribution in [0.5, 0.6) is 0 Å². The highest BCUT2D eigenvalue weighted by molar-refractivity contribution is 6.39. The average molecular weight is 1780 g/mol. The summed E-state index contributed by atoms with van der Waals surface area (Å²) in [5.74, 6) is -8.07. The molecule has 36 heteroatoms. The second-order valence-electron chi connectivity index (χ2n) is 33.4. The van der Waals surface area contributed by atoms with Gasteiger partial charge in [-0.05, 0) is 138 Å². The molecule has 15 atom stereocenters. The number of cyclic esters (lactones) is 1. The number of nitrogens with zero attached hydrogens (tertiary/aromatic N) is 9. The molecule has 1 aliphatic carbocycles. The van der Waals surface area contributed by atoms with Crippen LogP contribution in [0.4, 0.5) is 11.8 Å². The van der Waals surface area contributed by atoms with Crippen molar-refractivity contribution in [1.82, 2.24) is 49.9 Å². The number of amides is 2. The fraction of sp³-hybridized carbons (Fsp3) is 0.692. The van der Waals surface area contributed by atoms with Crippen LogP contribution in [0.25, 0.3) is 33.4 Å². The fourth-order valence-corrected chi connectivity index (χ4v) is 16.4. The van der Waals surface area contributed by atoms with Crippen LogP contribution >= 0.6 is 0 Å². The van der Waals surface area contributed by atoms with Gasteiger partial charge in [0.15, 0.2) is 17.0 Å². The summed E-state index contributed by atoms with van der Waals surface area (Å²) in [7, 11) is 4.61. The molecule has 5 aromatic rings. The number of hydrogen-bond acceptors (Lipinski definition) is 32. The van der Waals surface area contributed by atoms with E-state index in [1.54, 1.807) is 56.5 Å². The Bertz CT molecular complexity index is 4320. The molecule has 2 bridgehead atoms. The molecule has 2 amide bonds. The maximum Gasteiger partial charge on any atom is 0.329 e. The number of oxazole rings is 1. The molecule has 7 N–H and O–H groups in total. The number of Topliss-reactive ketones (excluding diaryl/α,β-unsaturated/α-hetero) is 3. The summed E-state index contributed by atoms with van der Waals surface area (Å²) in [6.07, 6.45) is 16.3. The molecule has 706 valence electrons. The van der Waals surface area contributed by atoms with Crippen molar-refractivity contribution in [3.8, 4) is 11.3 Å². The highest BCUT2D eigenvalue weighted by Crippen LogP contribution is 2.39. The van der Waals surface area contributed by atoms with Gasteiger partial charge in [0.25, 0.3) is 17.7 Å². The van der Waals surface area contributed by atoms with Crippen molar-refractivity contribution in [3.05, 3.63) is 84.0 Å². The Labute approximate surface area is 744 Å². The number of aryl methyl sites for hydroxylation is 1. The molecular weight excluding hydrogens is 1650 g/mol. The van der Waals surface area contributed by atoms with Crippen LogP contribution in [0.15, 0.2) is 82.7 Å². The minimum absolute atomic E-state index is 0.00921. The number of piperidine rings is 1. The average Bonchev–Trinajstić information content (AvgIpc) is 1.54. The van der Waals surface area contributed by atoms with Crippen LogP contribution in [0.2, 0.25) is 0 Å². The number of hydrogen-bond donors (Lipinski definition) is 5. The first-order chi connectivity index (χ1) is 61.4. The van der Waals surface area contributed by atoms with E-state index in [1.165, 1.54) is 18.3 Å². The number of rotatable bonds is 45. The van der Waals surface area contributed by atoms with E-state index < -0.39 is 77.8 Å². The number of anilines is 2. The first-order valence-electron chi connectivity index (χ1n) is 45.0. The van der Waals surface area contributed by atoms with Crippen molar-refractivity contribution in [2.75, 3.05) is 165 Å². The predicted octanol–water partition coefficient (Wildman–Crippen LogP) is 8.25. The lowest BCUT2D eigenvalue weighted by molar-refractivity contribution is -0.265. The van der Waals surface area contributed by atoms with Gasteiger partial charge < -0.3 is 107 Å². The Morgan fingerprint density at radius 1 is 0.717 bits per heavy atom. The molecule has 3 aliphatic heterocycles. The van der Waals surface area contributed by atoms with E-state index in [1.807, 2.05) is 76.4 Å². The topological polar surface area (TPSA) is 449 Å². The number of benzene rings is 1. The standard InChI is InChI=1S/C91H138N12O24/c1-60-18-12-11-13-19-61(2)76(112-8)55-70-24-21-66(7)91(111,127-70)85(108)88(109)102-29-16-14-20-72(102)89(110)125-77(56-73(104)62(3)51-65(6)83(107)84(114-10)82(106)64(5)50-60)63(4)52-67-22-25-75(78(53-67)113-9)124-49-48-123-58-69-57-101(100-98-69)31-33-116-35-37-118-39-41-120-43-45-122-47-46-121-44-42-119-40-38-117-36-34-115-32-27-79(105)94-28-15-17-30-103-87-80(86(92)95-59-96-87)81(99-103)68-23-26-74-71(54-68)97-90(93)126-74/h11-13,18-19,23,26,51,54,57,59-60,62-64,66-67,70,72,75-78,83-84,107,111H,14-17,20-22,24-25,27-50,52-53,55-56,58H2,1-10H3,(H2,93,97)(H,94,105)(H2,92,95,96)/b13-11?,18-12-,61-19?,65-51-/t60-,62-,63-,64-,66-,67+,70+,72+,75-,76+,77+,78-,83-,84+,91-/m1/s1. The Kier molecular flexibility index (Phi) is 43.9. The number of aliphatic hydroxyl groups excluding tert-OH is 1. The number of nitrogens with two attached hydrogens (primary N) is 2. The molecule has 4 aromatic heterocycles. The molecule has 0 unspecified atom stereocenters. The Morgan fingerprint density at radius 3 is 2.07 bits per heavy atom. The summed E-state index contributed by atoms with van der Waals surface area (Å²) in [5, 5.41) is 40.7. The van der Waals surface area contributed by atoms with Crippen molar-refractivity contribution in [2.45, 2.75) is 219 Å². The number of methoxy groups -OCH3 is 3. The van der Waals surface area contributed by atoms with Crippen LogP contribution in [0, 0.1) is 35.5 Å². The molecule has 7 heterocycles. The zero-order valence-corrected chi connectivity index (χ0v) is 75.9. The van der Waals surface area contributed by atoms with Gasteiger partial charge in [-0.2, -0.15) is 10.1 Å². The summed E-state index contributed by atoms with van der Waals surface area (Å²) < 4.78 is 96.4. The maximum atomic E-state index is 14.8. The molecule has 9 rings (SSSR count). The van der Waals surface area contributed by atoms with Gasteiger partial charge in [-0.1, -0.05) is 76.3 Å². The maximum absolute atomic E-state index is 14.8. The van der Waals surface area contributed by atoms with Crippen LogP contribution in [-0.2, 0) is 120 Å². The molecule has 4 aliphatic rings. The number of ether oxygens (including phenoxy) is 15. The van der Waals surface area contributed by atoms with E-state index in [4.69, 9.17) is 92.0 Å². The fourth-order valence-electron chi connectivity index (χ4n) is 16.4. The number of unbranched alkanes of at least 4 members (excludes halogenated alkanes) is 1. The minimum atomic E-state index is -2.47. The van der Waals surface area contributed by atoms with Gasteiger partial charge in [0.05, 0.1) is 168 Å². The quantitative estimate of drug-likeness (QED) is 0.0106. The first-order valence-corrected chi connectivity index (χ1v) is 45.0. The van der Waals surface area contributed by atoms with E-state index in [2.05, 4.69) is 30.6 Å². The molecular formula is C91H138N12O24. The van der Waals surface area contributed by atoms with Crippen molar-refractivity contribution < 1.29 is 114 Å².